The van der Waals surface area contributed by atoms with Gasteiger partial charge in [0, 0.05) is 5.56 Å². The largest absolute Gasteiger partial charge is 0.496 e. The van der Waals surface area contributed by atoms with E-state index in [1.54, 1.807) is 7.11 Å². The number of methoxy groups -OCH3 is 1. The molecule has 0 aliphatic heterocycles. The van der Waals surface area contributed by atoms with Crippen LogP contribution >= 0.6 is 0 Å². The molecule has 15 heavy (non-hydrogen) atoms. The number of nitrogens with zero attached hydrogens (tertiary/aromatic N) is 1. The lowest BCUT2D eigenvalue weighted by Gasteiger charge is -2.02. The second-order valence-corrected chi connectivity index (χ2v) is 3.09. The first-order valence-electron chi connectivity index (χ1n) is 5.09. The van der Waals surface area contributed by atoms with Crippen molar-refractivity contribution in [1.82, 2.24) is 0 Å². The average Bonchev–Trinajstić information content (AvgIpc) is 2.29. The zero-order chi connectivity index (χ0) is 10.9. The van der Waals surface area contributed by atoms with E-state index in [0.29, 0.717) is 6.61 Å². The minimum Gasteiger partial charge on any atom is -0.496 e. The zero-order valence-electron chi connectivity index (χ0n) is 9.19. The molecule has 3 heteroatoms. The fourth-order valence-electron chi connectivity index (χ4n) is 1.07. The van der Waals surface area contributed by atoms with Gasteiger partial charge < -0.3 is 9.57 Å². The van der Waals surface area contributed by atoms with Gasteiger partial charge in [0.15, 0.2) is 0 Å². The summed E-state index contributed by atoms with van der Waals surface area (Å²) < 4.78 is 5.15. The summed E-state index contributed by atoms with van der Waals surface area (Å²) in [7, 11) is 1.62. The Labute approximate surface area is 90.7 Å². The third kappa shape index (κ3) is 4.02. The number of ether oxygens (including phenoxy) is 1. The first-order valence-corrected chi connectivity index (χ1v) is 5.09. The molecule has 1 radical (unpaired) electrons. The maximum absolute atomic E-state index is 5.15. The Morgan fingerprint density at radius 2 is 2.13 bits per heavy atom. The van der Waals surface area contributed by atoms with Crippen LogP contribution in [-0.4, -0.2) is 19.9 Å². The van der Waals surface area contributed by atoms with Crippen LogP contribution in [0.4, 0.5) is 0 Å². The first kappa shape index (κ1) is 11.6. The van der Waals surface area contributed by atoms with Crippen LogP contribution < -0.4 is 4.74 Å². The van der Waals surface area contributed by atoms with Gasteiger partial charge in [-0.2, -0.15) is 0 Å². The first-order chi connectivity index (χ1) is 7.38. The second-order valence-electron chi connectivity index (χ2n) is 3.09. The van der Waals surface area contributed by atoms with Crippen molar-refractivity contribution in [3.05, 3.63) is 29.8 Å². The van der Waals surface area contributed by atoms with E-state index in [9.17, 15) is 0 Å². The molecule has 81 valence electrons. The lowest BCUT2D eigenvalue weighted by molar-refractivity contribution is 0.142. The molecular formula is C12H16NO2. The van der Waals surface area contributed by atoms with Crippen LogP contribution in [0.5, 0.6) is 5.75 Å². The average molecular weight is 206 g/mol. The maximum atomic E-state index is 5.15. The third-order valence-corrected chi connectivity index (χ3v) is 1.93. The molecule has 0 bridgehead atoms. The summed E-state index contributed by atoms with van der Waals surface area (Å²) in [6.07, 6.45) is 4.91. The van der Waals surface area contributed by atoms with Gasteiger partial charge in [0.25, 0.3) is 0 Å². The van der Waals surface area contributed by atoms with Crippen molar-refractivity contribution in [2.24, 2.45) is 5.16 Å². The van der Waals surface area contributed by atoms with E-state index in [-0.39, 0.29) is 0 Å². The summed E-state index contributed by atoms with van der Waals surface area (Å²) in [5.41, 5.74) is 0.802. The van der Waals surface area contributed by atoms with E-state index >= 15 is 0 Å². The Kier molecular flexibility index (Phi) is 5.30. The van der Waals surface area contributed by atoms with Gasteiger partial charge in [0.1, 0.15) is 18.6 Å². The molecule has 1 aromatic rings. The highest BCUT2D eigenvalue weighted by Gasteiger charge is 1.97. The van der Waals surface area contributed by atoms with Crippen LogP contribution in [0.3, 0.4) is 0 Å². The number of rotatable bonds is 6. The van der Waals surface area contributed by atoms with Crippen molar-refractivity contribution >= 4 is 6.21 Å². The summed E-state index contributed by atoms with van der Waals surface area (Å²) in [4.78, 5) is 5.04. The van der Waals surface area contributed by atoms with Crippen LogP contribution in [0.15, 0.2) is 29.4 Å². The van der Waals surface area contributed by atoms with E-state index < -0.39 is 0 Å². The highest BCUT2D eigenvalue weighted by molar-refractivity contribution is 5.82. The Morgan fingerprint density at radius 1 is 1.33 bits per heavy atom. The molecule has 3 nitrogen and oxygen atoms in total. The number of unbranched alkanes of at least 4 members (excludes halogenated alkanes) is 1. The van der Waals surface area contributed by atoms with E-state index in [4.69, 9.17) is 9.57 Å². The quantitative estimate of drug-likeness (QED) is 0.407. The van der Waals surface area contributed by atoms with Crippen LogP contribution in [0, 0.1) is 0 Å². The normalized spacial score (nSPS) is 10.5. The smallest absolute Gasteiger partial charge is 0.143 e. The van der Waals surface area contributed by atoms with Gasteiger partial charge in [-0.1, -0.05) is 30.6 Å². The van der Waals surface area contributed by atoms with Gasteiger partial charge >= 0.3 is 0 Å². The molecule has 0 saturated heterocycles. The summed E-state index contributed by atoms with van der Waals surface area (Å²) in [6.45, 7) is 2.75. The Bertz CT molecular complexity index is 310. The minimum atomic E-state index is 0.638. The number of hydrogen-bond donors (Lipinski definition) is 0. The zero-order valence-corrected chi connectivity index (χ0v) is 9.19. The Balaban J connectivity index is 2.48. The van der Waals surface area contributed by atoms with Crippen LogP contribution in [0.1, 0.15) is 25.3 Å². The molecule has 0 N–H and O–H groups in total. The standard InChI is InChI=1S/C12H16NO2/c1-3-4-9-15-13-10-11-7-5-6-8-12(11)14-2/h5-8H,3-4,9H2,1-2H3. The fourth-order valence-corrected chi connectivity index (χ4v) is 1.07. The lowest BCUT2D eigenvalue weighted by atomic mass is 10.2. The van der Waals surface area contributed by atoms with Gasteiger partial charge in [-0.3, -0.25) is 0 Å². The monoisotopic (exact) mass is 206 g/mol. The number of para-hydroxylation sites is 1. The molecule has 0 saturated carbocycles. The van der Waals surface area contributed by atoms with E-state index in [2.05, 4.69) is 18.3 Å². The molecule has 0 spiro atoms. The predicted octanol–water partition coefficient (Wildman–Crippen LogP) is 2.72. The molecule has 0 amide bonds. The van der Waals surface area contributed by atoms with Crippen LogP contribution in [0.2, 0.25) is 0 Å². The molecule has 0 aromatic heterocycles. The van der Waals surface area contributed by atoms with Gasteiger partial charge in [-0.15, -0.1) is 0 Å². The van der Waals surface area contributed by atoms with Gasteiger partial charge in [-0.05, 0) is 18.6 Å². The van der Waals surface area contributed by atoms with Gasteiger partial charge in [-0.25, -0.2) is 0 Å². The Morgan fingerprint density at radius 3 is 2.87 bits per heavy atom. The topological polar surface area (TPSA) is 30.8 Å². The lowest BCUT2D eigenvalue weighted by Crippen LogP contribution is -1.92. The predicted molar refractivity (Wildman–Crippen MR) is 60.4 cm³/mol. The molecule has 1 aromatic carbocycles. The van der Waals surface area contributed by atoms with Crippen LogP contribution in [0.25, 0.3) is 0 Å². The molecule has 0 fully saturated rings. The summed E-state index contributed by atoms with van der Waals surface area (Å²) in [5, 5.41) is 3.76. The van der Waals surface area contributed by atoms with E-state index in [1.165, 1.54) is 0 Å². The van der Waals surface area contributed by atoms with Crippen molar-refractivity contribution < 1.29 is 9.57 Å². The number of benzene rings is 1. The highest BCUT2D eigenvalue weighted by Crippen LogP contribution is 2.14. The van der Waals surface area contributed by atoms with Crippen molar-refractivity contribution in [2.75, 3.05) is 13.7 Å². The van der Waals surface area contributed by atoms with Crippen molar-refractivity contribution in [3.63, 3.8) is 0 Å². The van der Waals surface area contributed by atoms with E-state index in [1.807, 2.05) is 24.3 Å². The summed E-state index contributed by atoms with van der Waals surface area (Å²) in [6, 6.07) is 7.56. The van der Waals surface area contributed by atoms with Crippen molar-refractivity contribution in [3.8, 4) is 5.75 Å². The molecule has 0 aliphatic rings. The van der Waals surface area contributed by atoms with Crippen molar-refractivity contribution in [1.29, 1.82) is 0 Å². The molecule has 0 heterocycles. The fraction of sp³-hybridized carbons (Fsp3) is 0.417. The van der Waals surface area contributed by atoms with Gasteiger partial charge in [0.2, 0.25) is 0 Å². The third-order valence-electron chi connectivity index (χ3n) is 1.93. The van der Waals surface area contributed by atoms with Crippen molar-refractivity contribution in [2.45, 2.75) is 19.8 Å². The molecule has 1 rings (SSSR count). The number of hydrogen-bond acceptors (Lipinski definition) is 3. The SMILES string of the molecule is CCCCO/N=[C]\c1ccccc1OC. The molecule has 0 aliphatic carbocycles. The summed E-state index contributed by atoms with van der Waals surface area (Å²) >= 11 is 0. The Hall–Kier alpha value is -1.51. The van der Waals surface area contributed by atoms with Gasteiger partial charge in [0.05, 0.1) is 7.11 Å². The van der Waals surface area contributed by atoms with Crippen LogP contribution in [-0.2, 0) is 4.84 Å². The minimum absolute atomic E-state index is 0.638. The maximum Gasteiger partial charge on any atom is 0.143 e. The molecule has 0 unspecified atom stereocenters. The van der Waals surface area contributed by atoms with E-state index in [0.717, 1.165) is 24.2 Å². The highest BCUT2D eigenvalue weighted by atomic mass is 16.6. The second kappa shape index (κ2) is 6.87. The molecule has 0 atom stereocenters. The molecular weight excluding hydrogens is 190 g/mol. The summed E-state index contributed by atoms with van der Waals surface area (Å²) in [5.74, 6) is 0.750.